The van der Waals surface area contributed by atoms with E-state index in [9.17, 15) is 29.1 Å². The average Bonchev–Trinajstić information content (AvgIpc) is 3.31. The summed E-state index contributed by atoms with van der Waals surface area (Å²) in [5.41, 5.74) is 16.7. The number of carboxylic acids is 2. The molecule has 0 fully saturated rings. The number of nitrogens with two attached hydrogens (primary N) is 3. The first-order chi connectivity index (χ1) is 16.9. The molecule has 200 valence electrons. The van der Waals surface area contributed by atoms with Gasteiger partial charge in [-0.15, -0.1) is 0 Å². The van der Waals surface area contributed by atoms with Crippen LogP contribution in [-0.2, 0) is 30.4 Å². The van der Waals surface area contributed by atoms with Gasteiger partial charge in [-0.1, -0.05) is 0 Å². The number of aliphatic imine (C=N–C) groups is 1. The molecule has 1 heterocycles. The minimum Gasteiger partial charge on any atom is -0.481 e. The van der Waals surface area contributed by atoms with Crippen LogP contribution in [0.5, 0.6) is 0 Å². The zero-order valence-corrected chi connectivity index (χ0v) is 19.8. The first-order valence-corrected chi connectivity index (χ1v) is 11.0. The van der Waals surface area contributed by atoms with Crippen LogP contribution >= 0.6 is 0 Å². The molecule has 0 spiro atoms. The molecule has 0 aliphatic carbocycles. The molecule has 1 aromatic rings. The van der Waals surface area contributed by atoms with E-state index in [1.165, 1.54) is 19.4 Å². The van der Waals surface area contributed by atoms with Crippen molar-refractivity contribution in [3.63, 3.8) is 0 Å². The Hall–Kier alpha value is -4.21. The summed E-state index contributed by atoms with van der Waals surface area (Å²) < 4.78 is 0. The number of amides is 3. The standard InChI is InChI=1S/C20H33N9O7/c1-10(27-17(33)12(21)3-2-6-25-20(22)23)16(32)29-14(7-11-8-24-9-26-11)18(34)28-13(19(35)36)4-5-15(30)31/h8-10,12-14H,2-7,21H2,1H3,(H,24,26)(H,27,33)(H,28,34)(H,29,32)(H,30,31)(H,35,36)(H4,22,23,25). The Kier molecular flexibility index (Phi) is 12.4. The Bertz CT molecular complexity index is 932. The minimum atomic E-state index is -1.48. The number of aromatic amines is 1. The zero-order chi connectivity index (χ0) is 27.3. The number of carbonyl (C=O) groups excluding carboxylic acids is 3. The normalized spacial score (nSPS) is 13.9. The number of hydrogen-bond donors (Lipinski definition) is 9. The SMILES string of the molecule is CC(NC(=O)C(N)CCCN=C(N)N)C(=O)NC(Cc1cnc[nH]1)C(=O)NC(CCC(=O)O)C(=O)O. The van der Waals surface area contributed by atoms with Crippen molar-refractivity contribution in [1.82, 2.24) is 25.9 Å². The molecule has 1 aromatic heterocycles. The predicted molar refractivity (Wildman–Crippen MR) is 126 cm³/mol. The molecule has 0 aliphatic heterocycles. The summed E-state index contributed by atoms with van der Waals surface area (Å²) in [7, 11) is 0. The molecule has 0 aromatic carbocycles. The molecule has 0 radical (unpaired) electrons. The van der Waals surface area contributed by atoms with Gasteiger partial charge in [0.2, 0.25) is 17.7 Å². The highest BCUT2D eigenvalue weighted by molar-refractivity contribution is 5.94. The number of aromatic nitrogens is 2. The van der Waals surface area contributed by atoms with Crippen molar-refractivity contribution in [3.05, 3.63) is 18.2 Å². The summed E-state index contributed by atoms with van der Waals surface area (Å²) >= 11 is 0. The third-order valence-corrected chi connectivity index (χ3v) is 4.93. The van der Waals surface area contributed by atoms with Crippen LogP contribution in [0.4, 0.5) is 0 Å². The number of aliphatic carboxylic acids is 2. The maximum absolute atomic E-state index is 12.8. The summed E-state index contributed by atoms with van der Waals surface area (Å²) in [5.74, 6) is -4.92. The number of guanidine groups is 1. The van der Waals surface area contributed by atoms with Gasteiger partial charge in [0.05, 0.1) is 12.4 Å². The van der Waals surface area contributed by atoms with Crippen LogP contribution in [0, 0.1) is 0 Å². The second-order valence-electron chi connectivity index (χ2n) is 7.96. The van der Waals surface area contributed by atoms with Crippen LogP contribution in [0.1, 0.15) is 38.3 Å². The maximum Gasteiger partial charge on any atom is 0.326 e. The van der Waals surface area contributed by atoms with Crippen LogP contribution in [0.15, 0.2) is 17.5 Å². The van der Waals surface area contributed by atoms with Crippen LogP contribution in [0.25, 0.3) is 0 Å². The fraction of sp³-hybridized carbons (Fsp3) is 0.550. The van der Waals surface area contributed by atoms with Crippen LogP contribution in [0.2, 0.25) is 0 Å². The molecule has 0 saturated carbocycles. The Labute approximate surface area is 206 Å². The van der Waals surface area contributed by atoms with Gasteiger partial charge in [0.1, 0.15) is 18.1 Å². The van der Waals surface area contributed by atoms with E-state index in [-0.39, 0.29) is 31.8 Å². The summed E-state index contributed by atoms with van der Waals surface area (Å²) in [6.45, 7) is 1.67. The number of nitrogens with zero attached hydrogens (tertiary/aromatic N) is 2. The first kappa shape index (κ1) is 29.8. The second kappa shape index (κ2) is 14.9. The minimum absolute atomic E-state index is 0.0756. The van der Waals surface area contributed by atoms with Crippen LogP contribution in [-0.4, -0.2) is 86.5 Å². The highest BCUT2D eigenvalue weighted by Crippen LogP contribution is 2.04. The molecular formula is C20H33N9O7. The molecule has 0 bridgehead atoms. The fourth-order valence-corrected chi connectivity index (χ4v) is 2.96. The molecule has 3 amide bonds. The summed E-state index contributed by atoms with van der Waals surface area (Å²) in [4.78, 5) is 70.4. The number of nitrogens with one attached hydrogen (secondary N) is 4. The van der Waals surface area contributed by atoms with Crippen molar-refractivity contribution >= 4 is 35.6 Å². The van der Waals surface area contributed by atoms with E-state index < -0.39 is 60.2 Å². The highest BCUT2D eigenvalue weighted by atomic mass is 16.4. The molecule has 4 unspecified atom stereocenters. The van der Waals surface area contributed by atoms with E-state index in [0.717, 1.165) is 0 Å². The van der Waals surface area contributed by atoms with Crippen molar-refractivity contribution in [2.45, 2.75) is 63.2 Å². The molecule has 16 nitrogen and oxygen atoms in total. The second-order valence-corrected chi connectivity index (χ2v) is 7.96. The molecule has 0 saturated heterocycles. The lowest BCUT2D eigenvalue weighted by molar-refractivity contribution is -0.143. The fourth-order valence-electron chi connectivity index (χ4n) is 2.96. The quantitative estimate of drug-likeness (QED) is 0.0603. The van der Waals surface area contributed by atoms with Gasteiger partial charge in [-0.2, -0.15) is 0 Å². The third-order valence-electron chi connectivity index (χ3n) is 4.93. The van der Waals surface area contributed by atoms with Crippen molar-refractivity contribution in [3.8, 4) is 0 Å². The summed E-state index contributed by atoms with van der Waals surface area (Å²) in [6, 6.07) is -4.74. The summed E-state index contributed by atoms with van der Waals surface area (Å²) in [5, 5.41) is 25.3. The van der Waals surface area contributed by atoms with Crippen LogP contribution in [0.3, 0.4) is 0 Å². The van der Waals surface area contributed by atoms with Gasteiger partial charge in [-0.05, 0) is 26.2 Å². The van der Waals surface area contributed by atoms with Crippen molar-refractivity contribution in [2.75, 3.05) is 6.54 Å². The first-order valence-electron chi connectivity index (χ1n) is 11.0. The van der Waals surface area contributed by atoms with E-state index in [1.54, 1.807) is 0 Å². The van der Waals surface area contributed by atoms with Gasteiger partial charge in [-0.25, -0.2) is 9.78 Å². The Morgan fingerprint density at radius 1 is 1.03 bits per heavy atom. The van der Waals surface area contributed by atoms with E-state index >= 15 is 0 Å². The van der Waals surface area contributed by atoms with E-state index in [2.05, 4.69) is 30.9 Å². The molecule has 16 heteroatoms. The highest BCUT2D eigenvalue weighted by Gasteiger charge is 2.29. The van der Waals surface area contributed by atoms with Crippen LogP contribution < -0.4 is 33.2 Å². The van der Waals surface area contributed by atoms with Gasteiger partial charge >= 0.3 is 11.9 Å². The van der Waals surface area contributed by atoms with Gasteiger partial charge in [-0.3, -0.25) is 24.2 Å². The molecule has 1 rings (SSSR count). The topological polar surface area (TPSA) is 281 Å². The summed E-state index contributed by atoms with van der Waals surface area (Å²) in [6.07, 6.45) is 2.56. The maximum atomic E-state index is 12.8. The van der Waals surface area contributed by atoms with Crippen molar-refractivity contribution < 1.29 is 34.2 Å². The van der Waals surface area contributed by atoms with E-state index in [0.29, 0.717) is 12.1 Å². The largest absolute Gasteiger partial charge is 0.481 e. The molecule has 4 atom stereocenters. The zero-order valence-electron chi connectivity index (χ0n) is 19.8. The number of hydrogen-bond acceptors (Lipinski definition) is 8. The lowest BCUT2D eigenvalue weighted by Gasteiger charge is -2.23. The number of carboxylic acid groups (broad SMARTS) is 2. The predicted octanol–water partition coefficient (Wildman–Crippen LogP) is -3.24. The Balaban J connectivity index is 2.79. The molecular weight excluding hydrogens is 478 g/mol. The number of H-pyrrole nitrogens is 1. The molecule has 36 heavy (non-hydrogen) atoms. The number of rotatable bonds is 16. The number of carbonyl (C=O) groups is 5. The lowest BCUT2D eigenvalue weighted by Crippen LogP contribution is -2.57. The molecule has 12 N–H and O–H groups in total. The lowest BCUT2D eigenvalue weighted by atomic mass is 10.1. The Morgan fingerprint density at radius 2 is 1.69 bits per heavy atom. The Morgan fingerprint density at radius 3 is 2.25 bits per heavy atom. The van der Waals surface area contributed by atoms with Crippen molar-refractivity contribution in [1.29, 1.82) is 0 Å². The van der Waals surface area contributed by atoms with Gasteiger partial charge in [0, 0.05) is 31.3 Å². The number of imidazole rings is 1. The van der Waals surface area contributed by atoms with E-state index in [1.807, 2.05) is 0 Å². The van der Waals surface area contributed by atoms with E-state index in [4.69, 9.17) is 22.3 Å². The molecule has 0 aliphatic rings. The smallest absolute Gasteiger partial charge is 0.326 e. The van der Waals surface area contributed by atoms with Gasteiger partial charge in [0.15, 0.2) is 5.96 Å². The van der Waals surface area contributed by atoms with Crippen molar-refractivity contribution in [2.24, 2.45) is 22.2 Å². The van der Waals surface area contributed by atoms with Gasteiger partial charge in [0.25, 0.3) is 0 Å². The third kappa shape index (κ3) is 11.3. The van der Waals surface area contributed by atoms with Gasteiger partial charge < -0.3 is 48.3 Å². The average molecular weight is 512 g/mol. The monoisotopic (exact) mass is 511 g/mol.